The molecular formula is C19H27N3O2S. The molecule has 2 aromatic rings. The van der Waals surface area contributed by atoms with Crippen molar-refractivity contribution in [3.05, 3.63) is 48.2 Å². The van der Waals surface area contributed by atoms with Crippen LogP contribution in [0, 0.1) is 0 Å². The van der Waals surface area contributed by atoms with Gasteiger partial charge in [0.2, 0.25) is 10.0 Å². The zero-order valence-corrected chi connectivity index (χ0v) is 16.0. The van der Waals surface area contributed by atoms with Gasteiger partial charge in [0.1, 0.15) is 10.7 Å². The molecule has 0 aliphatic rings. The van der Waals surface area contributed by atoms with Gasteiger partial charge in [0, 0.05) is 25.0 Å². The van der Waals surface area contributed by atoms with Crippen LogP contribution < -0.4 is 5.32 Å². The lowest BCUT2D eigenvalue weighted by molar-refractivity contribution is 0.445. The van der Waals surface area contributed by atoms with Crippen molar-refractivity contribution in [2.24, 2.45) is 0 Å². The Balaban J connectivity index is 2.07. The summed E-state index contributed by atoms with van der Waals surface area (Å²) in [6, 6.07) is 11.6. The fraction of sp³-hybridized carbons (Fsp3) is 0.421. The molecule has 25 heavy (non-hydrogen) atoms. The van der Waals surface area contributed by atoms with Crippen molar-refractivity contribution in [3.8, 4) is 0 Å². The molecule has 0 saturated heterocycles. The predicted octanol–water partition coefficient (Wildman–Crippen LogP) is 4.20. The number of benzene rings is 1. The maximum absolute atomic E-state index is 12.5. The van der Waals surface area contributed by atoms with E-state index in [1.165, 1.54) is 28.9 Å². The molecule has 6 heteroatoms. The smallest absolute Gasteiger partial charge is 0.244 e. The van der Waals surface area contributed by atoms with E-state index in [2.05, 4.69) is 29.4 Å². The van der Waals surface area contributed by atoms with Crippen molar-refractivity contribution in [2.45, 2.75) is 44.9 Å². The molecule has 0 atom stereocenters. The molecule has 0 radical (unpaired) electrons. The van der Waals surface area contributed by atoms with Gasteiger partial charge in [-0.15, -0.1) is 0 Å². The number of pyridine rings is 1. The van der Waals surface area contributed by atoms with Crippen molar-refractivity contribution in [1.29, 1.82) is 0 Å². The first-order valence-electron chi connectivity index (χ1n) is 8.83. The molecule has 0 fully saturated rings. The molecule has 1 aromatic carbocycles. The summed E-state index contributed by atoms with van der Waals surface area (Å²) in [5, 5.41) is 3.20. The zero-order valence-electron chi connectivity index (χ0n) is 15.2. The van der Waals surface area contributed by atoms with Crippen LogP contribution in [-0.4, -0.2) is 30.8 Å². The number of nitrogens with one attached hydrogen (secondary N) is 1. The molecule has 136 valence electrons. The number of unbranched alkanes of at least 4 members (excludes halogenated alkanes) is 1. The molecule has 0 aliphatic heterocycles. The van der Waals surface area contributed by atoms with Crippen LogP contribution in [0.3, 0.4) is 0 Å². The van der Waals surface area contributed by atoms with Crippen LogP contribution in [0.5, 0.6) is 0 Å². The maximum atomic E-state index is 12.5. The topological polar surface area (TPSA) is 62.3 Å². The molecule has 0 bridgehead atoms. The highest BCUT2D eigenvalue weighted by Gasteiger charge is 2.21. The SMILES string of the molecule is CCCCc1ccc(Nc2ccc(S(=O)(=O)N(CC)CC)cn2)cc1. The second kappa shape index (κ2) is 8.97. The average molecular weight is 362 g/mol. The van der Waals surface area contributed by atoms with Crippen LogP contribution in [0.15, 0.2) is 47.5 Å². The standard InChI is InChI=1S/C19H27N3O2S/c1-4-7-8-16-9-11-17(12-10-16)21-19-14-13-18(15-20-19)25(23,24)22(5-2)6-3/h9-15H,4-8H2,1-3H3,(H,20,21). The van der Waals surface area contributed by atoms with Gasteiger partial charge < -0.3 is 5.32 Å². The minimum atomic E-state index is -3.46. The first kappa shape index (κ1) is 19.4. The molecule has 0 amide bonds. The van der Waals surface area contributed by atoms with Crippen LogP contribution in [0.1, 0.15) is 39.2 Å². The molecule has 2 rings (SSSR count). The van der Waals surface area contributed by atoms with Crippen LogP contribution in [-0.2, 0) is 16.4 Å². The Morgan fingerprint density at radius 3 is 2.20 bits per heavy atom. The Hall–Kier alpha value is -1.92. The van der Waals surface area contributed by atoms with E-state index in [0.717, 1.165) is 12.1 Å². The van der Waals surface area contributed by atoms with Crippen molar-refractivity contribution in [2.75, 3.05) is 18.4 Å². The Kier molecular flexibility index (Phi) is 6.96. The third kappa shape index (κ3) is 5.03. The Morgan fingerprint density at radius 1 is 1.00 bits per heavy atom. The van der Waals surface area contributed by atoms with E-state index in [0.29, 0.717) is 18.9 Å². The third-order valence-corrected chi connectivity index (χ3v) is 6.16. The fourth-order valence-electron chi connectivity index (χ4n) is 2.60. The van der Waals surface area contributed by atoms with Gasteiger partial charge in [0.05, 0.1) is 0 Å². The minimum Gasteiger partial charge on any atom is -0.340 e. The van der Waals surface area contributed by atoms with Gasteiger partial charge in [-0.1, -0.05) is 39.3 Å². The van der Waals surface area contributed by atoms with Crippen molar-refractivity contribution >= 4 is 21.5 Å². The highest BCUT2D eigenvalue weighted by molar-refractivity contribution is 7.89. The van der Waals surface area contributed by atoms with Crippen LogP contribution in [0.2, 0.25) is 0 Å². The predicted molar refractivity (Wildman–Crippen MR) is 103 cm³/mol. The van der Waals surface area contributed by atoms with E-state index >= 15 is 0 Å². The van der Waals surface area contributed by atoms with Crippen LogP contribution >= 0.6 is 0 Å². The summed E-state index contributed by atoms with van der Waals surface area (Å²) in [7, 11) is -3.46. The highest BCUT2D eigenvalue weighted by atomic mass is 32.2. The summed E-state index contributed by atoms with van der Waals surface area (Å²) >= 11 is 0. The van der Waals surface area contributed by atoms with E-state index in [-0.39, 0.29) is 4.90 Å². The first-order chi connectivity index (χ1) is 12.0. The Bertz CT molecular complexity index is 752. The molecule has 0 aliphatic carbocycles. The third-order valence-electron chi connectivity index (χ3n) is 4.12. The number of rotatable bonds is 9. The number of sulfonamides is 1. The Morgan fingerprint density at radius 2 is 1.68 bits per heavy atom. The van der Waals surface area contributed by atoms with Gasteiger partial charge in [0.25, 0.3) is 0 Å². The molecule has 0 saturated carbocycles. The molecule has 1 N–H and O–H groups in total. The number of anilines is 2. The van der Waals surface area contributed by atoms with Crippen LogP contribution in [0.25, 0.3) is 0 Å². The van der Waals surface area contributed by atoms with Gasteiger partial charge >= 0.3 is 0 Å². The number of hydrogen-bond acceptors (Lipinski definition) is 4. The lowest BCUT2D eigenvalue weighted by atomic mass is 10.1. The summed E-state index contributed by atoms with van der Waals surface area (Å²) in [6.45, 7) is 6.74. The molecule has 1 heterocycles. The normalized spacial score (nSPS) is 11.7. The molecular weight excluding hydrogens is 334 g/mol. The number of aryl methyl sites for hydroxylation is 1. The molecule has 0 spiro atoms. The summed E-state index contributed by atoms with van der Waals surface area (Å²) in [5.74, 6) is 0.625. The van der Waals surface area contributed by atoms with E-state index in [4.69, 9.17) is 0 Å². The second-order valence-electron chi connectivity index (χ2n) is 5.89. The molecule has 1 aromatic heterocycles. The number of nitrogens with zero attached hydrogens (tertiary/aromatic N) is 2. The lowest BCUT2D eigenvalue weighted by Gasteiger charge is -2.18. The van der Waals surface area contributed by atoms with Gasteiger partial charge in [-0.3, -0.25) is 0 Å². The number of hydrogen-bond donors (Lipinski definition) is 1. The first-order valence-corrected chi connectivity index (χ1v) is 10.3. The van der Waals surface area contributed by atoms with E-state index < -0.39 is 10.0 Å². The monoisotopic (exact) mass is 361 g/mol. The largest absolute Gasteiger partial charge is 0.340 e. The summed E-state index contributed by atoms with van der Waals surface area (Å²) in [6.07, 6.45) is 4.88. The summed E-state index contributed by atoms with van der Waals surface area (Å²) in [4.78, 5) is 4.47. The van der Waals surface area contributed by atoms with Crippen LogP contribution in [0.4, 0.5) is 11.5 Å². The molecule has 0 unspecified atom stereocenters. The van der Waals surface area contributed by atoms with Gasteiger partial charge in [-0.05, 0) is 42.7 Å². The minimum absolute atomic E-state index is 0.219. The average Bonchev–Trinajstić information content (AvgIpc) is 2.62. The fourth-order valence-corrected chi connectivity index (χ4v) is 4.01. The van der Waals surface area contributed by atoms with Gasteiger partial charge in [-0.2, -0.15) is 4.31 Å². The number of aromatic nitrogens is 1. The quantitative estimate of drug-likeness (QED) is 0.727. The van der Waals surface area contributed by atoms with E-state index in [1.807, 2.05) is 26.0 Å². The molecule has 5 nitrogen and oxygen atoms in total. The van der Waals surface area contributed by atoms with E-state index in [1.54, 1.807) is 12.1 Å². The maximum Gasteiger partial charge on any atom is 0.244 e. The zero-order chi connectivity index (χ0) is 18.3. The highest BCUT2D eigenvalue weighted by Crippen LogP contribution is 2.19. The van der Waals surface area contributed by atoms with Crippen molar-refractivity contribution in [3.63, 3.8) is 0 Å². The van der Waals surface area contributed by atoms with E-state index in [9.17, 15) is 8.42 Å². The van der Waals surface area contributed by atoms with Crippen molar-refractivity contribution < 1.29 is 8.42 Å². The Labute approximate surface area is 151 Å². The van der Waals surface area contributed by atoms with Gasteiger partial charge in [0.15, 0.2) is 0 Å². The van der Waals surface area contributed by atoms with Gasteiger partial charge in [-0.25, -0.2) is 13.4 Å². The lowest BCUT2D eigenvalue weighted by Crippen LogP contribution is -2.30. The van der Waals surface area contributed by atoms with Crippen molar-refractivity contribution in [1.82, 2.24) is 9.29 Å². The second-order valence-corrected chi connectivity index (χ2v) is 7.83. The summed E-state index contributed by atoms with van der Waals surface area (Å²) < 4.78 is 26.3. The summed E-state index contributed by atoms with van der Waals surface area (Å²) in [5.41, 5.74) is 2.26.